The zero-order chi connectivity index (χ0) is 16.2. The highest BCUT2D eigenvalue weighted by atomic mass is 35.5. The Morgan fingerprint density at radius 2 is 1.80 bits per heavy atom. The van der Waals surface area contributed by atoms with Crippen molar-refractivity contribution < 1.29 is 0 Å². The molecule has 0 aliphatic carbocycles. The van der Waals surface area contributed by atoms with Crippen LogP contribution >= 0.6 is 12.4 Å². The molecule has 0 atom stereocenters. The Morgan fingerprint density at radius 1 is 0.840 bits per heavy atom. The minimum atomic E-state index is 0. The first kappa shape index (κ1) is 16.6. The fourth-order valence-electron chi connectivity index (χ4n) is 2.36. The molecule has 6 nitrogen and oxygen atoms in total. The van der Waals surface area contributed by atoms with Gasteiger partial charge in [-0.05, 0) is 36.4 Å². The molecular formula is C18H15ClN6. The van der Waals surface area contributed by atoms with Crippen LogP contribution in [0.4, 0.5) is 11.6 Å². The van der Waals surface area contributed by atoms with Gasteiger partial charge in [-0.25, -0.2) is 15.0 Å². The molecule has 0 saturated carbocycles. The van der Waals surface area contributed by atoms with Gasteiger partial charge in [-0.15, -0.1) is 12.4 Å². The number of halogens is 1. The quantitative estimate of drug-likeness (QED) is 0.604. The number of nitrogens with zero attached hydrogens (tertiary/aromatic N) is 5. The minimum absolute atomic E-state index is 0. The van der Waals surface area contributed by atoms with Gasteiger partial charge in [0.2, 0.25) is 5.95 Å². The smallest absolute Gasteiger partial charge is 0.227 e. The van der Waals surface area contributed by atoms with Crippen molar-refractivity contribution in [3.63, 3.8) is 0 Å². The first-order chi connectivity index (χ1) is 11.9. The fraction of sp³-hybridized carbons (Fsp3) is 0. The number of aromatic nitrogens is 5. The molecule has 3 aromatic heterocycles. The third kappa shape index (κ3) is 3.81. The van der Waals surface area contributed by atoms with Gasteiger partial charge >= 0.3 is 0 Å². The molecule has 7 heteroatoms. The Bertz CT molecular complexity index is 941. The summed E-state index contributed by atoms with van der Waals surface area (Å²) in [4.78, 5) is 17.2. The number of hydrogen-bond acceptors (Lipinski definition) is 5. The summed E-state index contributed by atoms with van der Waals surface area (Å²) in [5.74, 6) is 0.529. The van der Waals surface area contributed by atoms with Crippen molar-refractivity contribution in [1.82, 2.24) is 24.5 Å². The normalized spacial score (nSPS) is 10.1. The number of hydrogen-bond donors (Lipinski definition) is 1. The van der Waals surface area contributed by atoms with Crippen molar-refractivity contribution in [3.05, 3.63) is 79.6 Å². The lowest BCUT2D eigenvalue weighted by atomic mass is 10.2. The van der Waals surface area contributed by atoms with Gasteiger partial charge in [0.15, 0.2) is 0 Å². The van der Waals surface area contributed by atoms with E-state index in [9.17, 15) is 0 Å². The van der Waals surface area contributed by atoms with Crippen LogP contribution in [0, 0.1) is 0 Å². The molecule has 1 aromatic carbocycles. The number of pyridine rings is 1. The van der Waals surface area contributed by atoms with E-state index in [1.165, 1.54) is 0 Å². The lowest BCUT2D eigenvalue weighted by molar-refractivity contribution is 1.06. The predicted octanol–water partition coefficient (Wildman–Crippen LogP) is 3.89. The highest BCUT2D eigenvalue weighted by Gasteiger charge is 2.04. The third-order valence-corrected chi connectivity index (χ3v) is 3.49. The summed E-state index contributed by atoms with van der Waals surface area (Å²) in [5, 5.41) is 3.23. The summed E-state index contributed by atoms with van der Waals surface area (Å²) < 4.78 is 1.94. The summed E-state index contributed by atoms with van der Waals surface area (Å²) >= 11 is 0. The van der Waals surface area contributed by atoms with E-state index in [0.29, 0.717) is 5.95 Å². The SMILES string of the molecule is Cl.c1ccc(-c2ccnc(Nc3cccc(-n4ccnc4)c3)n2)nc1. The van der Waals surface area contributed by atoms with E-state index in [1.807, 2.05) is 59.3 Å². The largest absolute Gasteiger partial charge is 0.324 e. The van der Waals surface area contributed by atoms with Crippen LogP contribution in [0.3, 0.4) is 0 Å². The van der Waals surface area contributed by atoms with Gasteiger partial charge in [-0.1, -0.05) is 12.1 Å². The lowest BCUT2D eigenvalue weighted by Gasteiger charge is -2.08. The maximum Gasteiger partial charge on any atom is 0.227 e. The molecule has 0 bridgehead atoms. The standard InChI is InChI=1S/C18H14N6.ClH/c1-2-8-20-16(6-1)17-7-9-21-18(23-17)22-14-4-3-5-15(12-14)24-11-10-19-13-24;/h1-13H,(H,21,22,23);1H. The number of benzene rings is 1. The van der Waals surface area contributed by atoms with E-state index in [2.05, 4.69) is 25.3 Å². The Hall–Kier alpha value is -3.25. The van der Waals surface area contributed by atoms with Crippen LogP contribution in [0.2, 0.25) is 0 Å². The average Bonchev–Trinajstić information content (AvgIpc) is 3.18. The number of anilines is 2. The molecule has 0 saturated heterocycles. The van der Waals surface area contributed by atoms with E-state index in [1.54, 1.807) is 24.9 Å². The van der Waals surface area contributed by atoms with E-state index < -0.39 is 0 Å². The number of rotatable bonds is 4. The summed E-state index contributed by atoms with van der Waals surface area (Å²) in [5.41, 5.74) is 3.51. The Labute approximate surface area is 151 Å². The minimum Gasteiger partial charge on any atom is -0.324 e. The van der Waals surface area contributed by atoms with Crippen molar-refractivity contribution in [3.8, 4) is 17.1 Å². The van der Waals surface area contributed by atoms with E-state index in [4.69, 9.17) is 0 Å². The van der Waals surface area contributed by atoms with Crippen LogP contribution in [0.1, 0.15) is 0 Å². The second-order valence-electron chi connectivity index (χ2n) is 5.13. The Balaban J connectivity index is 0.00000182. The fourth-order valence-corrected chi connectivity index (χ4v) is 2.36. The van der Waals surface area contributed by atoms with E-state index in [-0.39, 0.29) is 12.4 Å². The van der Waals surface area contributed by atoms with Crippen molar-refractivity contribution in [1.29, 1.82) is 0 Å². The molecule has 4 aromatic rings. The number of imidazole rings is 1. The Morgan fingerprint density at radius 3 is 2.60 bits per heavy atom. The molecule has 0 radical (unpaired) electrons. The van der Waals surface area contributed by atoms with Gasteiger partial charge in [0.25, 0.3) is 0 Å². The van der Waals surface area contributed by atoms with Gasteiger partial charge in [0.1, 0.15) is 0 Å². The topological polar surface area (TPSA) is 68.5 Å². The highest BCUT2D eigenvalue weighted by Crippen LogP contribution is 2.19. The van der Waals surface area contributed by atoms with Crippen LogP contribution < -0.4 is 5.32 Å². The van der Waals surface area contributed by atoms with Crippen LogP contribution in [0.25, 0.3) is 17.1 Å². The van der Waals surface area contributed by atoms with Crippen LogP contribution in [-0.4, -0.2) is 24.5 Å². The molecule has 4 rings (SSSR count). The van der Waals surface area contributed by atoms with E-state index >= 15 is 0 Å². The summed E-state index contributed by atoms with van der Waals surface area (Å²) in [6.07, 6.45) is 8.88. The highest BCUT2D eigenvalue weighted by molar-refractivity contribution is 5.85. The van der Waals surface area contributed by atoms with Crippen LogP contribution in [-0.2, 0) is 0 Å². The van der Waals surface area contributed by atoms with Crippen molar-refractivity contribution in [2.45, 2.75) is 0 Å². The molecule has 0 unspecified atom stereocenters. The molecule has 0 aliphatic rings. The number of nitrogens with one attached hydrogen (secondary N) is 1. The van der Waals surface area contributed by atoms with Gasteiger partial charge in [0, 0.05) is 36.2 Å². The maximum absolute atomic E-state index is 4.53. The molecule has 1 N–H and O–H groups in total. The van der Waals surface area contributed by atoms with E-state index in [0.717, 1.165) is 22.8 Å². The molecule has 124 valence electrons. The van der Waals surface area contributed by atoms with Crippen LogP contribution in [0.5, 0.6) is 0 Å². The van der Waals surface area contributed by atoms with Gasteiger partial charge < -0.3 is 9.88 Å². The second kappa shape index (κ2) is 7.55. The zero-order valence-corrected chi connectivity index (χ0v) is 14.0. The summed E-state index contributed by atoms with van der Waals surface area (Å²) in [7, 11) is 0. The summed E-state index contributed by atoms with van der Waals surface area (Å²) in [6, 6.07) is 15.5. The molecule has 0 amide bonds. The zero-order valence-electron chi connectivity index (χ0n) is 13.1. The molecule has 0 aliphatic heterocycles. The first-order valence-electron chi connectivity index (χ1n) is 7.48. The molecule has 0 fully saturated rings. The first-order valence-corrected chi connectivity index (χ1v) is 7.48. The van der Waals surface area contributed by atoms with Gasteiger partial charge in [-0.3, -0.25) is 4.98 Å². The summed E-state index contributed by atoms with van der Waals surface area (Å²) in [6.45, 7) is 0. The van der Waals surface area contributed by atoms with Gasteiger partial charge in [0.05, 0.1) is 17.7 Å². The molecule has 3 heterocycles. The van der Waals surface area contributed by atoms with Crippen molar-refractivity contribution in [2.24, 2.45) is 0 Å². The second-order valence-corrected chi connectivity index (χ2v) is 5.13. The predicted molar refractivity (Wildman–Crippen MR) is 99.4 cm³/mol. The monoisotopic (exact) mass is 350 g/mol. The molecule has 0 spiro atoms. The van der Waals surface area contributed by atoms with Crippen molar-refractivity contribution >= 4 is 24.0 Å². The average molecular weight is 351 g/mol. The maximum atomic E-state index is 4.53. The molecule has 25 heavy (non-hydrogen) atoms. The van der Waals surface area contributed by atoms with Crippen molar-refractivity contribution in [2.75, 3.05) is 5.32 Å². The molecular weight excluding hydrogens is 336 g/mol. The van der Waals surface area contributed by atoms with Gasteiger partial charge in [-0.2, -0.15) is 0 Å². The third-order valence-electron chi connectivity index (χ3n) is 3.49. The lowest BCUT2D eigenvalue weighted by Crippen LogP contribution is -1.99. The van der Waals surface area contributed by atoms with Crippen LogP contribution in [0.15, 0.2) is 79.6 Å². The Kier molecular flexibility index (Phi) is 5.01.